The monoisotopic (exact) mass is 280 g/mol. The number of aliphatic hydroxyl groups excluding tert-OH is 1. The van der Waals surface area contributed by atoms with Crippen molar-refractivity contribution in [2.75, 3.05) is 46.4 Å². The van der Waals surface area contributed by atoms with Crippen LogP contribution >= 0.6 is 0 Å². The van der Waals surface area contributed by atoms with Crippen LogP contribution in [0.3, 0.4) is 0 Å². The largest absolute Gasteiger partial charge is 0.491 e. The lowest BCUT2D eigenvalue weighted by Crippen LogP contribution is -3.27. The second-order valence-electron chi connectivity index (χ2n) is 6.20. The molecule has 20 heavy (non-hydrogen) atoms. The van der Waals surface area contributed by atoms with Crippen molar-refractivity contribution in [3.63, 3.8) is 0 Å². The molecule has 1 fully saturated rings. The first-order valence-corrected chi connectivity index (χ1v) is 7.57. The van der Waals surface area contributed by atoms with Crippen LogP contribution in [0, 0.1) is 13.8 Å². The first kappa shape index (κ1) is 15.3. The second-order valence-corrected chi connectivity index (χ2v) is 6.20. The molecule has 3 N–H and O–H groups in total. The highest BCUT2D eigenvalue weighted by Crippen LogP contribution is 2.16. The SMILES string of the molecule is Cc1cc(C)cc(OC[C@@H](O)C[NH+]2CC[NH+](C)CC2)c1. The number of nitrogens with one attached hydrogen (secondary N) is 2. The Morgan fingerprint density at radius 3 is 2.30 bits per heavy atom. The first-order chi connectivity index (χ1) is 9.52. The highest BCUT2D eigenvalue weighted by molar-refractivity contribution is 5.32. The molecule has 2 rings (SSSR count). The molecule has 1 aromatic carbocycles. The Morgan fingerprint density at radius 1 is 1.10 bits per heavy atom. The standard InChI is InChI=1S/C16H26N2O2/c1-13-8-14(2)10-16(9-13)20-12-15(19)11-18-6-4-17(3)5-7-18/h8-10,15,19H,4-7,11-12H2,1-3H3/p+2/t15-/m0/s1. The van der Waals surface area contributed by atoms with Gasteiger partial charge in [-0.1, -0.05) is 6.07 Å². The Morgan fingerprint density at radius 2 is 1.70 bits per heavy atom. The average molecular weight is 280 g/mol. The average Bonchev–Trinajstić information content (AvgIpc) is 2.38. The summed E-state index contributed by atoms with van der Waals surface area (Å²) >= 11 is 0. The van der Waals surface area contributed by atoms with E-state index >= 15 is 0 Å². The molecule has 1 aromatic rings. The number of piperazine rings is 1. The number of aliphatic hydroxyl groups is 1. The molecule has 1 aliphatic rings. The quantitative estimate of drug-likeness (QED) is 0.611. The van der Waals surface area contributed by atoms with E-state index in [4.69, 9.17) is 4.74 Å². The fraction of sp³-hybridized carbons (Fsp3) is 0.625. The van der Waals surface area contributed by atoms with Crippen LogP contribution < -0.4 is 14.5 Å². The summed E-state index contributed by atoms with van der Waals surface area (Å²) < 4.78 is 5.72. The van der Waals surface area contributed by atoms with Crippen molar-refractivity contribution in [3.05, 3.63) is 29.3 Å². The summed E-state index contributed by atoms with van der Waals surface area (Å²) in [5, 5.41) is 10.1. The molecule has 0 saturated carbocycles. The van der Waals surface area contributed by atoms with Crippen molar-refractivity contribution in [2.45, 2.75) is 20.0 Å². The maximum absolute atomic E-state index is 10.1. The molecular weight excluding hydrogens is 252 g/mol. The third kappa shape index (κ3) is 4.78. The molecule has 0 aromatic heterocycles. The molecule has 1 heterocycles. The van der Waals surface area contributed by atoms with E-state index in [0.717, 1.165) is 25.4 Å². The number of likely N-dealkylation sites (N-methyl/N-ethyl adjacent to an activating group) is 1. The highest BCUT2D eigenvalue weighted by atomic mass is 16.5. The zero-order valence-electron chi connectivity index (χ0n) is 12.9. The normalized spacial score (nSPS) is 24.4. The number of ether oxygens (including phenoxy) is 1. The van der Waals surface area contributed by atoms with Gasteiger partial charge in [0, 0.05) is 0 Å². The predicted molar refractivity (Wildman–Crippen MR) is 79.6 cm³/mol. The minimum absolute atomic E-state index is 0.384. The predicted octanol–water partition coefficient (Wildman–Crippen LogP) is -1.54. The van der Waals surface area contributed by atoms with E-state index in [1.807, 2.05) is 12.1 Å². The molecule has 0 radical (unpaired) electrons. The van der Waals surface area contributed by atoms with Gasteiger partial charge in [-0.3, -0.25) is 0 Å². The van der Waals surface area contributed by atoms with Gasteiger partial charge in [0.1, 0.15) is 51.2 Å². The van der Waals surface area contributed by atoms with Gasteiger partial charge in [0.15, 0.2) is 0 Å². The molecule has 0 aliphatic carbocycles. The molecule has 1 atom stereocenters. The van der Waals surface area contributed by atoms with E-state index in [0.29, 0.717) is 6.61 Å². The van der Waals surface area contributed by atoms with Gasteiger partial charge in [-0.05, 0) is 37.1 Å². The Labute approximate surface area is 122 Å². The third-order valence-corrected chi connectivity index (χ3v) is 3.97. The summed E-state index contributed by atoms with van der Waals surface area (Å²) in [5.41, 5.74) is 2.39. The number of aryl methyl sites for hydroxylation is 2. The van der Waals surface area contributed by atoms with Gasteiger partial charge >= 0.3 is 0 Å². The van der Waals surface area contributed by atoms with Gasteiger partial charge in [-0.25, -0.2) is 0 Å². The molecule has 4 nitrogen and oxygen atoms in total. The van der Waals surface area contributed by atoms with E-state index in [-0.39, 0.29) is 6.10 Å². The van der Waals surface area contributed by atoms with Crippen molar-refractivity contribution >= 4 is 0 Å². The molecule has 0 spiro atoms. The van der Waals surface area contributed by atoms with Crippen LogP contribution in [-0.2, 0) is 0 Å². The lowest BCUT2D eigenvalue weighted by atomic mass is 10.1. The maximum atomic E-state index is 10.1. The van der Waals surface area contributed by atoms with Crippen molar-refractivity contribution in [1.82, 2.24) is 0 Å². The van der Waals surface area contributed by atoms with Crippen LogP contribution in [0.15, 0.2) is 18.2 Å². The third-order valence-electron chi connectivity index (χ3n) is 3.97. The molecular formula is C16H28N2O2+2. The smallest absolute Gasteiger partial charge is 0.137 e. The summed E-state index contributed by atoms with van der Waals surface area (Å²) in [7, 11) is 2.23. The van der Waals surface area contributed by atoms with E-state index in [2.05, 4.69) is 27.0 Å². The topological polar surface area (TPSA) is 38.3 Å². The van der Waals surface area contributed by atoms with Crippen LogP contribution in [0.2, 0.25) is 0 Å². The summed E-state index contributed by atoms with van der Waals surface area (Å²) in [6, 6.07) is 6.16. The fourth-order valence-corrected chi connectivity index (χ4v) is 2.84. The lowest BCUT2D eigenvalue weighted by molar-refractivity contribution is -1.00. The Kier molecular flexibility index (Phi) is 5.40. The molecule has 1 aliphatic heterocycles. The summed E-state index contributed by atoms with van der Waals surface area (Å²) in [6.07, 6.45) is -0.385. The maximum Gasteiger partial charge on any atom is 0.137 e. The van der Waals surface area contributed by atoms with Gasteiger partial charge in [0.2, 0.25) is 0 Å². The number of hydrogen-bond acceptors (Lipinski definition) is 2. The van der Waals surface area contributed by atoms with E-state index in [1.165, 1.54) is 29.1 Å². The molecule has 1 saturated heterocycles. The highest BCUT2D eigenvalue weighted by Gasteiger charge is 2.22. The van der Waals surface area contributed by atoms with Crippen LogP contribution in [0.1, 0.15) is 11.1 Å². The minimum atomic E-state index is -0.385. The summed E-state index contributed by atoms with van der Waals surface area (Å²) in [6.45, 7) is 9.98. The van der Waals surface area contributed by atoms with Crippen molar-refractivity contribution in [3.8, 4) is 5.75 Å². The van der Waals surface area contributed by atoms with Gasteiger partial charge < -0.3 is 19.6 Å². The number of hydrogen-bond donors (Lipinski definition) is 3. The number of quaternary nitrogens is 2. The lowest BCUT2D eigenvalue weighted by Gasteiger charge is -2.28. The van der Waals surface area contributed by atoms with Gasteiger partial charge in [0.25, 0.3) is 0 Å². The van der Waals surface area contributed by atoms with Gasteiger partial charge in [-0.15, -0.1) is 0 Å². The van der Waals surface area contributed by atoms with Crippen molar-refractivity contribution in [2.24, 2.45) is 0 Å². The fourth-order valence-electron chi connectivity index (χ4n) is 2.84. The molecule has 0 amide bonds. The van der Waals surface area contributed by atoms with E-state index in [9.17, 15) is 5.11 Å². The van der Waals surface area contributed by atoms with Crippen LogP contribution in [0.4, 0.5) is 0 Å². The second kappa shape index (κ2) is 7.07. The van der Waals surface area contributed by atoms with Crippen LogP contribution in [0.25, 0.3) is 0 Å². The molecule has 0 bridgehead atoms. The summed E-state index contributed by atoms with van der Waals surface area (Å²) in [5.74, 6) is 0.861. The van der Waals surface area contributed by atoms with Crippen molar-refractivity contribution in [1.29, 1.82) is 0 Å². The molecule has 0 unspecified atom stereocenters. The minimum Gasteiger partial charge on any atom is -0.491 e. The number of benzene rings is 1. The van der Waals surface area contributed by atoms with Gasteiger partial charge in [0.05, 0.1) is 7.05 Å². The van der Waals surface area contributed by atoms with E-state index in [1.54, 1.807) is 4.90 Å². The van der Waals surface area contributed by atoms with Crippen LogP contribution in [-0.4, -0.2) is 57.6 Å². The Balaban J connectivity index is 1.75. The zero-order valence-corrected chi connectivity index (χ0v) is 12.9. The van der Waals surface area contributed by atoms with Gasteiger partial charge in [-0.2, -0.15) is 0 Å². The Bertz CT molecular complexity index is 408. The van der Waals surface area contributed by atoms with Crippen molar-refractivity contribution < 1.29 is 19.6 Å². The van der Waals surface area contributed by atoms with E-state index < -0.39 is 0 Å². The first-order valence-electron chi connectivity index (χ1n) is 7.57. The molecule has 4 heteroatoms. The number of rotatable bonds is 5. The molecule has 112 valence electrons. The van der Waals surface area contributed by atoms with Crippen LogP contribution in [0.5, 0.6) is 5.75 Å². The zero-order chi connectivity index (χ0) is 14.5. The summed E-state index contributed by atoms with van der Waals surface area (Å²) in [4.78, 5) is 3.09. The Hall–Kier alpha value is -1.10.